The van der Waals surface area contributed by atoms with Gasteiger partial charge in [-0.3, -0.25) is 4.79 Å². The number of carbonyl (C=O) groups is 1. The number of aromatic nitrogens is 3. The fourth-order valence-corrected chi connectivity index (χ4v) is 2.29. The standard InChI is InChI=1S/C12H14N4O/c1-9-7-11-12(13-4-6-16(11)14-9)15-5-2-3-10(17)8-15/h4,6-7H,2-3,5,8H2,1H3. The lowest BCUT2D eigenvalue weighted by Gasteiger charge is -2.27. The molecule has 1 aliphatic heterocycles. The molecule has 5 heteroatoms. The maximum absolute atomic E-state index is 11.5. The number of hydrogen-bond donors (Lipinski definition) is 0. The van der Waals surface area contributed by atoms with Gasteiger partial charge in [0.15, 0.2) is 11.6 Å². The molecule has 0 unspecified atom stereocenters. The van der Waals surface area contributed by atoms with Gasteiger partial charge in [0.1, 0.15) is 5.52 Å². The van der Waals surface area contributed by atoms with E-state index < -0.39 is 0 Å². The van der Waals surface area contributed by atoms with Crippen LogP contribution in [0.15, 0.2) is 18.5 Å². The molecule has 88 valence electrons. The molecule has 5 nitrogen and oxygen atoms in total. The number of carbonyl (C=O) groups excluding carboxylic acids is 1. The lowest BCUT2D eigenvalue weighted by Crippen LogP contribution is -2.36. The van der Waals surface area contributed by atoms with Crippen LogP contribution in [-0.4, -0.2) is 33.5 Å². The van der Waals surface area contributed by atoms with E-state index in [4.69, 9.17) is 0 Å². The van der Waals surface area contributed by atoms with Crippen LogP contribution in [0.3, 0.4) is 0 Å². The van der Waals surface area contributed by atoms with Crippen LogP contribution in [0.5, 0.6) is 0 Å². The maximum atomic E-state index is 11.5. The molecule has 0 radical (unpaired) electrons. The van der Waals surface area contributed by atoms with Crippen LogP contribution in [0.25, 0.3) is 5.52 Å². The van der Waals surface area contributed by atoms with Gasteiger partial charge >= 0.3 is 0 Å². The normalized spacial score (nSPS) is 16.8. The van der Waals surface area contributed by atoms with E-state index in [2.05, 4.69) is 10.1 Å². The summed E-state index contributed by atoms with van der Waals surface area (Å²) in [6.45, 7) is 3.32. The minimum absolute atomic E-state index is 0.288. The molecular formula is C12H14N4O. The third-order valence-electron chi connectivity index (χ3n) is 3.04. The molecule has 0 aliphatic carbocycles. The lowest BCUT2D eigenvalue weighted by molar-refractivity contribution is -0.118. The fourth-order valence-electron chi connectivity index (χ4n) is 2.29. The van der Waals surface area contributed by atoms with E-state index in [1.54, 1.807) is 6.20 Å². The molecule has 2 aromatic heterocycles. The first-order valence-electron chi connectivity index (χ1n) is 5.82. The smallest absolute Gasteiger partial charge is 0.155 e. The van der Waals surface area contributed by atoms with Gasteiger partial charge < -0.3 is 4.90 Å². The van der Waals surface area contributed by atoms with E-state index in [9.17, 15) is 4.79 Å². The van der Waals surface area contributed by atoms with Gasteiger partial charge in [0, 0.05) is 25.4 Å². The molecule has 0 amide bonds. The molecule has 0 bridgehead atoms. The van der Waals surface area contributed by atoms with Crippen molar-refractivity contribution in [3.63, 3.8) is 0 Å². The number of ketones is 1. The van der Waals surface area contributed by atoms with E-state index in [1.165, 1.54) is 0 Å². The Morgan fingerprint density at radius 2 is 2.29 bits per heavy atom. The molecule has 1 fully saturated rings. The Morgan fingerprint density at radius 1 is 1.41 bits per heavy atom. The van der Waals surface area contributed by atoms with Crippen molar-refractivity contribution in [3.05, 3.63) is 24.2 Å². The van der Waals surface area contributed by atoms with Gasteiger partial charge in [0.2, 0.25) is 0 Å². The predicted octanol–water partition coefficient (Wildman–Crippen LogP) is 1.21. The monoisotopic (exact) mass is 230 g/mol. The fraction of sp³-hybridized carbons (Fsp3) is 0.417. The summed E-state index contributed by atoms with van der Waals surface area (Å²) < 4.78 is 1.82. The highest BCUT2D eigenvalue weighted by Gasteiger charge is 2.20. The largest absolute Gasteiger partial charge is 0.347 e. The summed E-state index contributed by atoms with van der Waals surface area (Å²) in [6, 6.07) is 2.00. The molecule has 0 saturated carbocycles. The number of Topliss-reactive ketones (excluding diaryl/α,β-unsaturated/α-hetero) is 1. The molecule has 0 spiro atoms. The Labute approximate surface area is 99.1 Å². The molecule has 17 heavy (non-hydrogen) atoms. The van der Waals surface area contributed by atoms with Gasteiger partial charge in [-0.2, -0.15) is 5.10 Å². The van der Waals surface area contributed by atoms with E-state index in [1.807, 2.05) is 28.6 Å². The summed E-state index contributed by atoms with van der Waals surface area (Å²) in [5, 5.41) is 4.35. The van der Waals surface area contributed by atoms with Crippen molar-refractivity contribution < 1.29 is 4.79 Å². The summed E-state index contributed by atoms with van der Waals surface area (Å²) in [6.07, 6.45) is 5.16. The molecular weight excluding hydrogens is 216 g/mol. The van der Waals surface area contributed by atoms with E-state index >= 15 is 0 Å². The summed E-state index contributed by atoms with van der Waals surface area (Å²) in [7, 11) is 0. The zero-order valence-electron chi connectivity index (χ0n) is 9.76. The van der Waals surface area contributed by atoms with Crippen LogP contribution in [0.4, 0.5) is 5.82 Å². The second-order valence-corrected chi connectivity index (χ2v) is 4.43. The molecule has 1 saturated heterocycles. The van der Waals surface area contributed by atoms with Crippen LogP contribution < -0.4 is 4.90 Å². The number of rotatable bonds is 1. The van der Waals surface area contributed by atoms with Gasteiger partial charge in [-0.1, -0.05) is 0 Å². The van der Waals surface area contributed by atoms with Crippen LogP contribution in [0.1, 0.15) is 18.5 Å². The summed E-state index contributed by atoms with van der Waals surface area (Å²) in [5.74, 6) is 1.15. The highest BCUT2D eigenvalue weighted by molar-refractivity contribution is 5.86. The number of nitrogens with zero attached hydrogens (tertiary/aromatic N) is 4. The van der Waals surface area contributed by atoms with Gasteiger partial charge in [0.25, 0.3) is 0 Å². The third-order valence-corrected chi connectivity index (χ3v) is 3.04. The van der Waals surface area contributed by atoms with Gasteiger partial charge in [0.05, 0.1) is 12.2 Å². The zero-order chi connectivity index (χ0) is 11.8. The zero-order valence-corrected chi connectivity index (χ0v) is 9.76. The van der Waals surface area contributed by atoms with Crippen molar-refractivity contribution in [1.82, 2.24) is 14.6 Å². The first-order chi connectivity index (χ1) is 8.24. The molecule has 1 aliphatic rings. The topological polar surface area (TPSA) is 50.5 Å². The number of fused-ring (bicyclic) bond motifs is 1. The molecule has 2 aromatic rings. The maximum Gasteiger partial charge on any atom is 0.155 e. The average molecular weight is 230 g/mol. The quantitative estimate of drug-likeness (QED) is 0.738. The molecule has 3 heterocycles. The van der Waals surface area contributed by atoms with Crippen molar-refractivity contribution in [2.75, 3.05) is 18.0 Å². The minimum atomic E-state index is 0.288. The Hall–Kier alpha value is -1.91. The number of anilines is 1. The molecule has 3 rings (SSSR count). The Morgan fingerprint density at radius 3 is 3.12 bits per heavy atom. The van der Waals surface area contributed by atoms with Crippen LogP contribution >= 0.6 is 0 Å². The van der Waals surface area contributed by atoms with Crippen molar-refractivity contribution in [3.8, 4) is 0 Å². The first-order valence-corrected chi connectivity index (χ1v) is 5.82. The van der Waals surface area contributed by atoms with Crippen molar-refractivity contribution in [1.29, 1.82) is 0 Å². The molecule has 0 atom stereocenters. The Balaban J connectivity index is 2.06. The van der Waals surface area contributed by atoms with E-state index in [0.717, 1.165) is 30.0 Å². The van der Waals surface area contributed by atoms with Gasteiger partial charge in [-0.25, -0.2) is 9.50 Å². The predicted molar refractivity (Wildman–Crippen MR) is 64.2 cm³/mol. The molecule has 0 N–H and O–H groups in total. The average Bonchev–Trinajstić information content (AvgIpc) is 2.68. The second kappa shape index (κ2) is 3.84. The highest BCUT2D eigenvalue weighted by atomic mass is 16.1. The summed E-state index contributed by atoms with van der Waals surface area (Å²) in [4.78, 5) is 17.9. The lowest BCUT2D eigenvalue weighted by atomic mass is 10.1. The SMILES string of the molecule is Cc1cc2c(N3CCCC(=O)C3)nccn2n1. The number of hydrogen-bond acceptors (Lipinski definition) is 4. The third kappa shape index (κ3) is 1.77. The van der Waals surface area contributed by atoms with Crippen molar-refractivity contribution >= 4 is 17.1 Å². The first kappa shape index (κ1) is 10.3. The molecule has 0 aromatic carbocycles. The minimum Gasteiger partial charge on any atom is -0.347 e. The van der Waals surface area contributed by atoms with Crippen molar-refractivity contribution in [2.45, 2.75) is 19.8 Å². The summed E-state index contributed by atoms with van der Waals surface area (Å²) in [5.41, 5.74) is 1.93. The van der Waals surface area contributed by atoms with Gasteiger partial charge in [-0.05, 0) is 19.4 Å². The van der Waals surface area contributed by atoms with Gasteiger partial charge in [-0.15, -0.1) is 0 Å². The van der Waals surface area contributed by atoms with E-state index in [0.29, 0.717) is 13.0 Å². The van der Waals surface area contributed by atoms with Crippen LogP contribution in [0.2, 0.25) is 0 Å². The van der Waals surface area contributed by atoms with Crippen LogP contribution in [0, 0.1) is 6.92 Å². The number of piperidine rings is 1. The second-order valence-electron chi connectivity index (χ2n) is 4.43. The van der Waals surface area contributed by atoms with Crippen LogP contribution in [-0.2, 0) is 4.79 Å². The van der Waals surface area contributed by atoms with Crippen molar-refractivity contribution in [2.24, 2.45) is 0 Å². The Bertz CT molecular complexity index is 575. The highest BCUT2D eigenvalue weighted by Crippen LogP contribution is 2.21. The number of aryl methyl sites for hydroxylation is 1. The van der Waals surface area contributed by atoms with E-state index in [-0.39, 0.29) is 5.78 Å². The summed E-state index contributed by atoms with van der Waals surface area (Å²) >= 11 is 0. The Kier molecular flexibility index (Phi) is 2.31.